The van der Waals surface area contributed by atoms with E-state index >= 15 is 0 Å². The van der Waals surface area contributed by atoms with E-state index in [9.17, 15) is 9.59 Å². The van der Waals surface area contributed by atoms with Gasteiger partial charge in [0.1, 0.15) is 5.56 Å². The van der Waals surface area contributed by atoms with Gasteiger partial charge >= 0.3 is 0 Å². The first-order valence-electron chi connectivity index (χ1n) is 5.18. The van der Waals surface area contributed by atoms with Crippen molar-refractivity contribution in [1.29, 1.82) is 0 Å². The molecule has 0 unspecified atom stereocenters. The van der Waals surface area contributed by atoms with Crippen molar-refractivity contribution >= 4 is 23.2 Å². The number of amides is 1. The first kappa shape index (κ1) is 12.3. The third-order valence-corrected chi connectivity index (χ3v) is 2.89. The van der Waals surface area contributed by atoms with E-state index < -0.39 is 11.5 Å². The molecule has 0 radical (unpaired) electrons. The van der Waals surface area contributed by atoms with Gasteiger partial charge in [0.15, 0.2) is 0 Å². The minimum Gasteiger partial charge on any atom is -0.321 e. The lowest BCUT2D eigenvalue weighted by molar-refractivity contribution is 0.102. The number of carbonyl (C=O) groups excluding carboxylic acids is 1. The zero-order valence-corrected chi connectivity index (χ0v) is 10.3. The summed E-state index contributed by atoms with van der Waals surface area (Å²) in [6, 6.07) is 5.16. The number of halogens is 1. The van der Waals surface area contributed by atoms with Crippen LogP contribution in [-0.2, 0) is 0 Å². The molecular formula is C12H10ClN3O2. The molecule has 1 aromatic carbocycles. The molecule has 1 amide bonds. The van der Waals surface area contributed by atoms with Crippen LogP contribution < -0.4 is 10.9 Å². The van der Waals surface area contributed by atoms with Crippen LogP contribution in [0.1, 0.15) is 15.9 Å². The van der Waals surface area contributed by atoms with Gasteiger partial charge < -0.3 is 10.3 Å². The predicted molar refractivity (Wildman–Crippen MR) is 69.0 cm³/mol. The number of H-pyrrole nitrogens is 1. The summed E-state index contributed by atoms with van der Waals surface area (Å²) >= 11 is 5.94. The zero-order valence-electron chi connectivity index (χ0n) is 9.53. The molecule has 2 aromatic rings. The lowest BCUT2D eigenvalue weighted by Crippen LogP contribution is -2.23. The maximum atomic E-state index is 11.9. The fraction of sp³-hybridized carbons (Fsp3) is 0.0833. The van der Waals surface area contributed by atoms with Crippen molar-refractivity contribution in [2.45, 2.75) is 6.92 Å². The number of nitrogens with zero attached hydrogens (tertiary/aromatic N) is 1. The quantitative estimate of drug-likeness (QED) is 0.870. The Morgan fingerprint density at radius 1 is 1.44 bits per heavy atom. The van der Waals surface area contributed by atoms with Crippen LogP contribution in [0.25, 0.3) is 0 Å². The van der Waals surface area contributed by atoms with Crippen LogP contribution in [0.4, 0.5) is 5.69 Å². The minimum atomic E-state index is -0.519. The van der Waals surface area contributed by atoms with Crippen LogP contribution in [0.3, 0.4) is 0 Å². The maximum Gasteiger partial charge on any atom is 0.263 e. The van der Waals surface area contributed by atoms with E-state index in [0.717, 1.165) is 5.56 Å². The van der Waals surface area contributed by atoms with Gasteiger partial charge in [-0.3, -0.25) is 9.59 Å². The SMILES string of the molecule is Cc1c(Cl)cccc1NC(=O)c1cnc[nH]c1=O. The van der Waals surface area contributed by atoms with Crippen LogP contribution in [0.5, 0.6) is 0 Å². The monoisotopic (exact) mass is 263 g/mol. The third kappa shape index (κ3) is 2.41. The molecule has 0 aliphatic rings. The highest BCUT2D eigenvalue weighted by Gasteiger charge is 2.12. The largest absolute Gasteiger partial charge is 0.321 e. The van der Waals surface area contributed by atoms with Gasteiger partial charge in [0, 0.05) is 16.9 Å². The summed E-state index contributed by atoms with van der Waals surface area (Å²) in [5, 5.41) is 3.17. The van der Waals surface area contributed by atoms with Crippen molar-refractivity contribution in [2.75, 3.05) is 5.32 Å². The van der Waals surface area contributed by atoms with Crippen molar-refractivity contribution in [3.63, 3.8) is 0 Å². The van der Waals surface area contributed by atoms with Crippen molar-refractivity contribution in [3.8, 4) is 0 Å². The van der Waals surface area contributed by atoms with Crippen LogP contribution in [0.15, 0.2) is 35.5 Å². The van der Waals surface area contributed by atoms with Crippen molar-refractivity contribution in [1.82, 2.24) is 9.97 Å². The van der Waals surface area contributed by atoms with Crippen molar-refractivity contribution < 1.29 is 4.79 Å². The highest BCUT2D eigenvalue weighted by molar-refractivity contribution is 6.31. The molecule has 1 heterocycles. The summed E-state index contributed by atoms with van der Waals surface area (Å²) in [4.78, 5) is 29.3. The minimum absolute atomic E-state index is 0.0446. The van der Waals surface area contributed by atoms with Gasteiger partial charge in [0.25, 0.3) is 11.5 Å². The molecule has 0 saturated heterocycles. The Labute approximate surface area is 108 Å². The molecule has 6 heteroatoms. The summed E-state index contributed by atoms with van der Waals surface area (Å²) < 4.78 is 0. The summed E-state index contributed by atoms with van der Waals surface area (Å²) in [5.74, 6) is -0.519. The number of benzene rings is 1. The fourth-order valence-electron chi connectivity index (χ4n) is 1.44. The van der Waals surface area contributed by atoms with E-state index in [1.54, 1.807) is 25.1 Å². The third-order valence-electron chi connectivity index (χ3n) is 2.48. The molecule has 2 N–H and O–H groups in total. The molecule has 5 nitrogen and oxygen atoms in total. The second-order valence-electron chi connectivity index (χ2n) is 3.66. The second kappa shape index (κ2) is 5.01. The Morgan fingerprint density at radius 3 is 2.94 bits per heavy atom. The van der Waals surface area contributed by atoms with Gasteiger partial charge in [-0.05, 0) is 24.6 Å². The number of aromatic nitrogens is 2. The van der Waals surface area contributed by atoms with Crippen molar-refractivity contribution in [3.05, 3.63) is 57.2 Å². The molecule has 18 heavy (non-hydrogen) atoms. The van der Waals surface area contributed by atoms with E-state index in [2.05, 4.69) is 15.3 Å². The summed E-state index contributed by atoms with van der Waals surface area (Å²) in [7, 11) is 0. The van der Waals surface area contributed by atoms with E-state index in [1.165, 1.54) is 12.5 Å². The van der Waals surface area contributed by atoms with E-state index in [-0.39, 0.29) is 5.56 Å². The second-order valence-corrected chi connectivity index (χ2v) is 4.07. The first-order chi connectivity index (χ1) is 8.59. The molecule has 0 fully saturated rings. The highest BCUT2D eigenvalue weighted by atomic mass is 35.5. The summed E-state index contributed by atoms with van der Waals surface area (Å²) in [6.07, 6.45) is 2.44. The molecule has 1 aromatic heterocycles. The Hall–Kier alpha value is -2.14. The van der Waals surface area contributed by atoms with Gasteiger partial charge in [0.05, 0.1) is 6.33 Å². The molecule has 92 valence electrons. The average molecular weight is 264 g/mol. The first-order valence-corrected chi connectivity index (χ1v) is 5.56. The Kier molecular flexibility index (Phi) is 3.43. The lowest BCUT2D eigenvalue weighted by atomic mass is 10.2. The maximum absolute atomic E-state index is 11.9. The molecule has 0 aliphatic heterocycles. The molecule has 0 aliphatic carbocycles. The molecule has 0 atom stereocenters. The lowest BCUT2D eigenvalue weighted by Gasteiger charge is -2.08. The van der Waals surface area contributed by atoms with E-state index in [1.807, 2.05) is 0 Å². The van der Waals surface area contributed by atoms with Gasteiger partial charge in [-0.2, -0.15) is 0 Å². The van der Waals surface area contributed by atoms with Crippen LogP contribution in [0, 0.1) is 6.92 Å². The fourth-order valence-corrected chi connectivity index (χ4v) is 1.61. The number of aromatic amines is 1. The number of hydrogen-bond acceptors (Lipinski definition) is 3. The van der Waals surface area contributed by atoms with Gasteiger partial charge in [-0.1, -0.05) is 17.7 Å². The van der Waals surface area contributed by atoms with Gasteiger partial charge in [-0.15, -0.1) is 0 Å². The zero-order chi connectivity index (χ0) is 13.1. The molecule has 2 rings (SSSR count). The van der Waals surface area contributed by atoms with E-state index in [0.29, 0.717) is 10.7 Å². The summed E-state index contributed by atoms with van der Waals surface area (Å²) in [5.41, 5.74) is 0.780. The number of carbonyl (C=O) groups is 1. The number of rotatable bonds is 2. The Balaban J connectivity index is 2.30. The smallest absolute Gasteiger partial charge is 0.263 e. The number of anilines is 1. The van der Waals surface area contributed by atoms with Gasteiger partial charge in [-0.25, -0.2) is 4.98 Å². The van der Waals surface area contributed by atoms with Crippen LogP contribution in [0.2, 0.25) is 5.02 Å². The topological polar surface area (TPSA) is 74.8 Å². The van der Waals surface area contributed by atoms with Gasteiger partial charge in [0.2, 0.25) is 0 Å². The standard InChI is InChI=1S/C12H10ClN3O2/c1-7-9(13)3-2-4-10(7)16-12(18)8-5-14-6-15-11(8)17/h2-6H,1H3,(H,16,18)(H,14,15,17). The Bertz CT molecular complexity index is 652. The number of hydrogen-bond donors (Lipinski definition) is 2. The average Bonchev–Trinajstić information content (AvgIpc) is 2.35. The molecule has 0 saturated carbocycles. The van der Waals surface area contributed by atoms with Crippen molar-refractivity contribution in [2.24, 2.45) is 0 Å². The van der Waals surface area contributed by atoms with Crippen LogP contribution >= 0.6 is 11.6 Å². The van der Waals surface area contributed by atoms with Crippen LogP contribution in [-0.4, -0.2) is 15.9 Å². The molecular weight excluding hydrogens is 254 g/mol. The normalized spacial score (nSPS) is 10.1. The molecule has 0 bridgehead atoms. The van der Waals surface area contributed by atoms with E-state index in [4.69, 9.17) is 11.6 Å². The predicted octanol–water partition coefficient (Wildman–Crippen LogP) is 1.98. The molecule has 0 spiro atoms. The Morgan fingerprint density at radius 2 is 2.22 bits per heavy atom. The number of nitrogens with one attached hydrogen (secondary N) is 2. The highest BCUT2D eigenvalue weighted by Crippen LogP contribution is 2.23. The summed E-state index contributed by atoms with van der Waals surface area (Å²) in [6.45, 7) is 1.78.